The molecule has 0 heterocycles. The number of benzene rings is 1. The van der Waals surface area contributed by atoms with Crippen molar-refractivity contribution in [3.63, 3.8) is 0 Å². The highest BCUT2D eigenvalue weighted by Crippen LogP contribution is 2.15. The first-order chi connectivity index (χ1) is 8.04. The van der Waals surface area contributed by atoms with E-state index in [4.69, 9.17) is 0 Å². The maximum atomic E-state index is 12.0. The summed E-state index contributed by atoms with van der Waals surface area (Å²) in [6.45, 7) is 6.26. The van der Waals surface area contributed by atoms with Crippen molar-refractivity contribution >= 4 is 11.6 Å². The molecule has 3 heteroatoms. The molecule has 0 bridgehead atoms. The maximum absolute atomic E-state index is 12.0. The Bertz CT molecular complexity index is 366. The van der Waals surface area contributed by atoms with Crippen LogP contribution in [0.5, 0.6) is 0 Å². The lowest BCUT2D eigenvalue weighted by molar-refractivity contribution is 0.0901. The molecule has 0 fully saturated rings. The van der Waals surface area contributed by atoms with Crippen LogP contribution < -0.4 is 10.6 Å². The van der Waals surface area contributed by atoms with Crippen LogP contribution >= 0.6 is 0 Å². The summed E-state index contributed by atoms with van der Waals surface area (Å²) in [5, 5.41) is 6.12. The standard InChI is InChI=1S/C14H22N2O/c1-5-14(3,6-2)16-13(17)11-7-9-12(15-4)10-8-11/h7-10,15H,5-6H2,1-4H3,(H,16,17). The number of nitrogens with one attached hydrogen (secondary N) is 2. The molecule has 1 aromatic rings. The van der Waals surface area contributed by atoms with Gasteiger partial charge in [0.2, 0.25) is 0 Å². The van der Waals surface area contributed by atoms with Crippen molar-refractivity contribution in [1.29, 1.82) is 0 Å². The van der Waals surface area contributed by atoms with E-state index in [9.17, 15) is 4.79 Å². The molecule has 3 nitrogen and oxygen atoms in total. The molecule has 0 saturated heterocycles. The number of anilines is 1. The van der Waals surface area contributed by atoms with E-state index in [0.717, 1.165) is 18.5 Å². The second kappa shape index (κ2) is 5.71. The van der Waals surface area contributed by atoms with Crippen LogP contribution in [0.25, 0.3) is 0 Å². The first-order valence-corrected chi connectivity index (χ1v) is 6.15. The van der Waals surface area contributed by atoms with Crippen LogP contribution in [-0.4, -0.2) is 18.5 Å². The summed E-state index contributed by atoms with van der Waals surface area (Å²) in [7, 11) is 1.86. The minimum atomic E-state index is -0.112. The van der Waals surface area contributed by atoms with E-state index in [1.807, 2.05) is 31.3 Å². The first kappa shape index (κ1) is 13.6. The Balaban J connectivity index is 2.75. The Morgan fingerprint density at radius 1 is 1.18 bits per heavy atom. The van der Waals surface area contributed by atoms with Gasteiger partial charge in [0.15, 0.2) is 0 Å². The van der Waals surface area contributed by atoms with E-state index < -0.39 is 0 Å². The van der Waals surface area contributed by atoms with Gasteiger partial charge in [-0.05, 0) is 44.0 Å². The molecule has 0 spiro atoms. The highest BCUT2D eigenvalue weighted by Gasteiger charge is 2.22. The van der Waals surface area contributed by atoms with Crippen molar-refractivity contribution < 1.29 is 4.79 Å². The summed E-state index contributed by atoms with van der Waals surface area (Å²) < 4.78 is 0. The zero-order valence-electron chi connectivity index (χ0n) is 11.1. The molecular formula is C14H22N2O. The summed E-state index contributed by atoms with van der Waals surface area (Å²) in [4.78, 5) is 12.0. The van der Waals surface area contributed by atoms with Crippen LogP contribution in [0.2, 0.25) is 0 Å². The molecule has 0 aliphatic heterocycles. The fourth-order valence-corrected chi connectivity index (χ4v) is 1.56. The van der Waals surface area contributed by atoms with Crippen LogP contribution in [-0.2, 0) is 0 Å². The van der Waals surface area contributed by atoms with Crippen molar-refractivity contribution in [3.8, 4) is 0 Å². The van der Waals surface area contributed by atoms with Gasteiger partial charge in [0, 0.05) is 23.8 Å². The molecule has 94 valence electrons. The van der Waals surface area contributed by atoms with E-state index in [-0.39, 0.29) is 11.4 Å². The molecule has 0 aliphatic carbocycles. The molecule has 0 atom stereocenters. The Morgan fingerprint density at radius 3 is 2.12 bits per heavy atom. The summed E-state index contributed by atoms with van der Waals surface area (Å²) >= 11 is 0. The van der Waals surface area contributed by atoms with Gasteiger partial charge < -0.3 is 10.6 Å². The second-order valence-electron chi connectivity index (χ2n) is 4.55. The van der Waals surface area contributed by atoms with Gasteiger partial charge >= 0.3 is 0 Å². The Kier molecular flexibility index (Phi) is 4.55. The fraction of sp³-hybridized carbons (Fsp3) is 0.500. The van der Waals surface area contributed by atoms with E-state index in [0.29, 0.717) is 5.56 Å². The van der Waals surface area contributed by atoms with E-state index in [1.54, 1.807) is 0 Å². The molecule has 1 rings (SSSR count). The lowest BCUT2D eigenvalue weighted by Crippen LogP contribution is -2.44. The molecule has 0 unspecified atom stereocenters. The minimum Gasteiger partial charge on any atom is -0.388 e. The highest BCUT2D eigenvalue weighted by atomic mass is 16.1. The second-order valence-corrected chi connectivity index (χ2v) is 4.55. The normalized spacial score (nSPS) is 11.1. The van der Waals surface area contributed by atoms with E-state index >= 15 is 0 Å². The molecular weight excluding hydrogens is 212 g/mol. The predicted octanol–water partition coefficient (Wildman–Crippen LogP) is 3.04. The van der Waals surface area contributed by atoms with Crippen LogP contribution in [0, 0.1) is 0 Å². The number of hydrogen-bond donors (Lipinski definition) is 2. The monoisotopic (exact) mass is 234 g/mol. The number of rotatable bonds is 5. The number of carbonyl (C=O) groups is 1. The van der Waals surface area contributed by atoms with Crippen molar-refractivity contribution in [2.75, 3.05) is 12.4 Å². The largest absolute Gasteiger partial charge is 0.388 e. The van der Waals surface area contributed by atoms with Gasteiger partial charge in [-0.15, -0.1) is 0 Å². The Labute approximate surface area is 104 Å². The van der Waals surface area contributed by atoms with E-state index in [2.05, 4.69) is 31.4 Å². The van der Waals surface area contributed by atoms with Crippen LogP contribution in [0.15, 0.2) is 24.3 Å². The predicted molar refractivity (Wildman–Crippen MR) is 72.4 cm³/mol. The lowest BCUT2D eigenvalue weighted by Gasteiger charge is -2.28. The molecule has 0 aliphatic rings. The third-order valence-electron chi connectivity index (χ3n) is 3.41. The van der Waals surface area contributed by atoms with Gasteiger partial charge in [-0.2, -0.15) is 0 Å². The smallest absolute Gasteiger partial charge is 0.251 e. The molecule has 0 radical (unpaired) electrons. The molecule has 17 heavy (non-hydrogen) atoms. The van der Waals surface area contributed by atoms with Gasteiger partial charge in [-0.1, -0.05) is 13.8 Å². The van der Waals surface area contributed by atoms with Gasteiger partial charge in [0.1, 0.15) is 0 Å². The maximum Gasteiger partial charge on any atom is 0.251 e. The summed E-state index contributed by atoms with van der Waals surface area (Å²) in [5.41, 5.74) is 1.60. The van der Waals surface area contributed by atoms with Crippen molar-refractivity contribution in [2.24, 2.45) is 0 Å². The molecule has 2 N–H and O–H groups in total. The van der Waals surface area contributed by atoms with Crippen molar-refractivity contribution in [1.82, 2.24) is 5.32 Å². The van der Waals surface area contributed by atoms with Gasteiger partial charge in [0.25, 0.3) is 5.91 Å². The molecule has 1 amide bonds. The average molecular weight is 234 g/mol. The van der Waals surface area contributed by atoms with Gasteiger partial charge in [0.05, 0.1) is 0 Å². The summed E-state index contributed by atoms with van der Waals surface area (Å²) in [6, 6.07) is 7.49. The zero-order valence-corrected chi connectivity index (χ0v) is 11.1. The number of amides is 1. The minimum absolute atomic E-state index is 0.00106. The Morgan fingerprint density at radius 2 is 1.71 bits per heavy atom. The molecule has 0 saturated carbocycles. The van der Waals surface area contributed by atoms with E-state index in [1.165, 1.54) is 0 Å². The quantitative estimate of drug-likeness (QED) is 0.822. The first-order valence-electron chi connectivity index (χ1n) is 6.15. The fourth-order valence-electron chi connectivity index (χ4n) is 1.56. The highest BCUT2D eigenvalue weighted by molar-refractivity contribution is 5.95. The number of hydrogen-bond acceptors (Lipinski definition) is 2. The molecule has 1 aromatic carbocycles. The lowest BCUT2D eigenvalue weighted by atomic mass is 9.95. The zero-order chi connectivity index (χ0) is 12.9. The van der Waals surface area contributed by atoms with Crippen molar-refractivity contribution in [2.45, 2.75) is 39.2 Å². The number of carbonyl (C=O) groups excluding carboxylic acids is 1. The summed E-state index contributed by atoms with van der Waals surface area (Å²) in [6.07, 6.45) is 1.87. The topological polar surface area (TPSA) is 41.1 Å². The SMILES string of the molecule is CCC(C)(CC)NC(=O)c1ccc(NC)cc1. The van der Waals surface area contributed by atoms with Gasteiger partial charge in [-0.25, -0.2) is 0 Å². The van der Waals surface area contributed by atoms with Gasteiger partial charge in [-0.3, -0.25) is 4.79 Å². The third kappa shape index (κ3) is 3.48. The van der Waals surface area contributed by atoms with Crippen LogP contribution in [0.3, 0.4) is 0 Å². The van der Waals surface area contributed by atoms with Crippen LogP contribution in [0.4, 0.5) is 5.69 Å². The van der Waals surface area contributed by atoms with Crippen LogP contribution in [0.1, 0.15) is 44.0 Å². The Hall–Kier alpha value is -1.51. The van der Waals surface area contributed by atoms with Crippen molar-refractivity contribution in [3.05, 3.63) is 29.8 Å². The average Bonchev–Trinajstić information content (AvgIpc) is 2.38. The molecule has 0 aromatic heterocycles. The summed E-state index contributed by atoms with van der Waals surface area (Å²) in [5.74, 6) is -0.00106. The third-order valence-corrected chi connectivity index (χ3v) is 3.41.